The Balaban J connectivity index is 4.77. The molecule has 0 aliphatic carbocycles. The smallest absolute Gasteiger partial charge is 0.186 e. The van der Waals surface area contributed by atoms with Crippen LogP contribution in [0.15, 0.2) is 0 Å². The van der Waals surface area contributed by atoms with Crippen molar-refractivity contribution < 1.29 is 4.43 Å². The first-order chi connectivity index (χ1) is 7.40. The van der Waals surface area contributed by atoms with Gasteiger partial charge in [0.05, 0.1) is 16.1 Å². The summed E-state index contributed by atoms with van der Waals surface area (Å²) in [6, 6.07) is 1.20. The molecule has 0 spiro atoms. The predicted octanol–water partition coefficient (Wildman–Crippen LogP) is 3.68. The highest BCUT2D eigenvalue weighted by atomic mass is 28.4. The normalized spacial score (nSPS) is 14.5. The van der Waals surface area contributed by atoms with E-state index in [0.717, 1.165) is 13.0 Å². The van der Waals surface area contributed by atoms with E-state index in [-0.39, 0.29) is 0 Å². The van der Waals surface area contributed by atoms with Crippen LogP contribution in [0.3, 0.4) is 0 Å². The zero-order chi connectivity index (χ0) is 13.9. The summed E-state index contributed by atoms with van der Waals surface area (Å²) < 4.78 is 6.68. The highest BCUT2D eigenvalue weighted by Gasteiger charge is 2.41. The van der Waals surface area contributed by atoms with E-state index in [1.807, 2.05) is 0 Å². The molecule has 104 valence electrons. The van der Waals surface area contributed by atoms with Gasteiger partial charge in [-0.05, 0) is 32.1 Å². The third-order valence-electron chi connectivity index (χ3n) is 2.99. The molecular weight excluding hydrogens is 258 g/mol. The SMILES string of the molecule is C[Si](C)(CCCN)OC([Si](C)(C)C)[Si](C)(C)C. The molecule has 0 unspecified atom stereocenters. The Morgan fingerprint density at radius 3 is 1.59 bits per heavy atom. The predicted molar refractivity (Wildman–Crippen MR) is 87.5 cm³/mol. The monoisotopic (exact) mass is 291 g/mol. The molecule has 2 nitrogen and oxygen atoms in total. The average Bonchev–Trinajstić information content (AvgIpc) is 2.08. The van der Waals surface area contributed by atoms with Crippen molar-refractivity contribution in [3.8, 4) is 0 Å². The maximum atomic E-state index is 6.68. The van der Waals surface area contributed by atoms with Crippen LogP contribution in [0.4, 0.5) is 0 Å². The quantitative estimate of drug-likeness (QED) is 0.726. The highest BCUT2D eigenvalue weighted by Crippen LogP contribution is 2.27. The van der Waals surface area contributed by atoms with Gasteiger partial charge in [-0.3, -0.25) is 0 Å². The molecule has 0 radical (unpaired) electrons. The third kappa shape index (κ3) is 6.91. The lowest BCUT2D eigenvalue weighted by Gasteiger charge is -2.43. The molecule has 0 saturated heterocycles. The van der Waals surface area contributed by atoms with Crippen LogP contribution < -0.4 is 5.73 Å². The molecule has 0 bridgehead atoms. The minimum atomic E-state index is -1.52. The van der Waals surface area contributed by atoms with E-state index in [1.54, 1.807) is 0 Å². The average molecular weight is 292 g/mol. The van der Waals surface area contributed by atoms with E-state index < -0.39 is 24.5 Å². The lowest BCUT2D eigenvalue weighted by Crippen LogP contribution is -2.59. The summed E-state index contributed by atoms with van der Waals surface area (Å²) in [5, 5.41) is 0.578. The number of rotatable bonds is 7. The molecule has 0 aromatic carbocycles. The van der Waals surface area contributed by atoms with Gasteiger partial charge in [-0.1, -0.05) is 39.3 Å². The van der Waals surface area contributed by atoms with Gasteiger partial charge in [0.2, 0.25) is 0 Å². The molecule has 0 saturated carbocycles. The number of hydrogen-bond acceptors (Lipinski definition) is 2. The van der Waals surface area contributed by atoms with E-state index in [0.29, 0.717) is 5.35 Å². The van der Waals surface area contributed by atoms with Crippen molar-refractivity contribution in [2.24, 2.45) is 5.73 Å². The molecule has 0 aromatic heterocycles. The van der Waals surface area contributed by atoms with Crippen LogP contribution in [0.2, 0.25) is 58.4 Å². The van der Waals surface area contributed by atoms with Crippen molar-refractivity contribution in [1.82, 2.24) is 0 Å². The Labute approximate surface area is 111 Å². The molecule has 17 heavy (non-hydrogen) atoms. The fraction of sp³-hybridized carbons (Fsp3) is 1.00. The van der Waals surface area contributed by atoms with Gasteiger partial charge in [0.15, 0.2) is 8.32 Å². The Morgan fingerprint density at radius 1 is 0.882 bits per heavy atom. The molecule has 0 aliphatic rings. The zero-order valence-electron chi connectivity index (χ0n) is 13.2. The van der Waals surface area contributed by atoms with E-state index in [9.17, 15) is 0 Å². The molecule has 0 rings (SSSR count). The van der Waals surface area contributed by atoms with Gasteiger partial charge < -0.3 is 10.2 Å². The largest absolute Gasteiger partial charge is 0.421 e. The second kappa shape index (κ2) is 6.14. The van der Waals surface area contributed by atoms with Gasteiger partial charge in [-0.15, -0.1) is 0 Å². The molecule has 2 N–H and O–H groups in total. The van der Waals surface area contributed by atoms with Gasteiger partial charge in [0.25, 0.3) is 0 Å². The fourth-order valence-corrected chi connectivity index (χ4v) is 19.5. The first kappa shape index (κ1) is 17.6. The molecule has 0 heterocycles. The molecule has 5 heteroatoms. The van der Waals surface area contributed by atoms with Crippen molar-refractivity contribution >= 4 is 24.5 Å². The summed E-state index contributed by atoms with van der Waals surface area (Å²) >= 11 is 0. The Kier molecular flexibility index (Phi) is 6.35. The van der Waals surface area contributed by atoms with Crippen molar-refractivity contribution in [3.63, 3.8) is 0 Å². The van der Waals surface area contributed by atoms with Crippen LogP contribution in [-0.2, 0) is 4.43 Å². The Morgan fingerprint density at radius 2 is 1.29 bits per heavy atom. The Bertz CT molecular complexity index is 217. The minimum absolute atomic E-state index is 0.578. The van der Waals surface area contributed by atoms with Gasteiger partial charge in [0, 0.05) is 5.35 Å². The standard InChI is InChI=1S/C12H33NOSi3/c1-15(2,3)12(16(4,5)6)14-17(7,8)11-9-10-13/h12H,9-11,13H2,1-8H3. The summed E-state index contributed by atoms with van der Waals surface area (Å²) in [4.78, 5) is 0. The lowest BCUT2D eigenvalue weighted by atomic mass is 10.5. The first-order valence-electron chi connectivity index (χ1n) is 6.78. The van der Waals surface area contributed by atoms with Gasteiger partial charge in [-0.25, -0.2) is 0 Å². The summed E-state index contributed by atoms with van der Waals surface area (Å²) in [5.41, 5.74) is 5.62. The van der Waals surface area contributed by atoms with Gasteiger partial charge in [-0.2, -0.15) is 0 Å². The summed E-state index contributed by atoms with van der Waals surface area (Å²) in [6.07, 6.45) is 1.11. The Hall–Kier alpha value is 0.571. The van der Waals surface area contributed by atoms with Crippen molar-refractivity contribution in [2.45, 2.75) is 70.2 Å². The van der Waals surface area contributed by atoms with Crippen LogP contribution in [0.5, 0.6) is 0 Å². The highest BCUT2D eigenvalue weighted by molar-refractivity contribution is 6.97. The zero-order valence-corrected chi connectivity index (χ0v) is 16.2. The molecule has 0 amide bonds. The fourth-order valence-electron chi connectivity index (χ4n) is 2.56. The minimum Gasteiger partial charge on any atom is -0.421 e. The van der Waals surface area contributed by atoms with Crippen molar-refractivity contribution in [1.29, 1.82) is 0 Å². The molecule has 0 atom stereocenters. The summed E-state index contributed by atoms with van der Waals surface area (Å²) in [5.74, 6) is 0. The second-order valence-electron chi connectivity index (χ2n) is 7.88. The van der Waals surface area contributed by atoms with Gasteiger partial charge in [0.1, 0.15) is 0 Å². The molecular formula is C12H33NOSi3. The molecule has 0 aromatic rings. The van der Waals surface area contributed by atoms with Crippen LogP contribution >= 0.6 is 0 Å². The van der Waals surface area contributed by atoms with E-state index in [1.165, 1.54) is 6.04 Å². The number of nitrogens with two attached hydrogens (primary N) is 1. The topological polar surface area (TPSA) is 35.2 Å². The van der Waals surface area contributed by atoms with Crippen LogP contribution in [0.1, 0.15) is 6.42 Å². The van der Waals surface area contributed by atoms with Crippen LogP contribution in [0, 0.1) is 0 Å². The lowest BCUT2D eigenvalue weighted by molar-refractivity contribution is 0.320. The molecule has 0 aliphatic heterocycles. The van der Waals surface area contributed by atoms with E-state index in [2.05, 4.69) is 52.4 Å². The first-order valence-corrected chi connectivity index (χ1v) is 17.0. The van der Waals surface area contributed by atoms with E-state index in [4.69, 9.17) is 10.2 Å². The summed E-state index contributed by atoms with van der Waals surface area (Å²) in [6.45, 7) is 20.2. The third-order valence-corrected chi connectivity index (χ3v) is 14.5. The van der Waals surface area contributed by atoms with E-state index >= 15 is 0 Å². The van der Waals surface area contributed by atoms with Crippen LogP contribution in [0.25, 0.3) is 0 Å². The maximum absolute atomic E-state index is 6.68. The maximum Gasteiger partial charge on any atom is 0.186 e. The second-order valence-corrected chi connectivity index (χ2v) is 23.2. The number of hydrogen-bond donors (Lipinski definition) is 1. The van der Waals surface area contributed by atoms with Gasteiger partial charge >= 0.3 is 0 Å². The molecule has 0 fully saturated rings. The van der Waals surface area contributed by atoms with Crippen molar-refractivity contribution in [2.75, 3.05) is 6.54 Å². The van der Waals surface area contributed by atoms with Crippen molar-refractivity contribution in [3.05, 3.63) is 0 Å². The summed E-state index contributed by atoms with van der Waals surface area (Å²) in [7, 11) is -3.97. The van der Waals surface area contributed by atoms with Crippen LogP contribution in [-0.4, -0.2) is 36.4 Å².